The summed E-state index contributed by atoms with van der Waals surface area (Å²) >= 11 is 0. The molecule has 0 heterocycles. The Kier molecular flexibility index (Phi) is 6.04. The molecule has 1 unspecified atom stereocenters. The summed E-state index contributed by atoms with van der Waals surface area (Å²) in [6, 6.07) is 4.65. The van der Waals surface area contributed by atoms with Crippen molar-refractivity contribution < 1.29 is 19.7 Å². The van der Waals surface area contributed by atoms with Crippen molar-refractivity contribution in [3.63, 3.8) is 0 Å². The van der Waals surface area contributed by atoms with Crippen LogP contribution in [0.5, 0.6) is 5.75 Å². The maximum absolute atomic E-state index is 12.2. The fourth-order valence-electron chi connectivity index (χ4n) is 1.60. The number of nitrogens with zero attached hydrogens (tertiary/aromatic N) is 1. The number of likely N-dealkylation sites (N-methyl/N-ethyl adjacent to an activating group) is 1. The zero-order chi connectivity index (χ0) is 15.1. The highest BCUT2D eigenvalue weighted by Crippen LogP contribution is 2.20. The Bertz CT molecular complexity index is 530. The molecule has 108 valence electrons. The van der Waals surface area contributed by atoms with Gasteiger partial charge in [-0.25, -0.2) is 0 Å². The van der Waals surface area contributed by atoms with Gasteiger partial charge in [-0.2, -0.15) is 0 Å². The number of hydrogen-bond acceptors (Lipinski definition) is 4. The lowest BCUT2D eigenvalue weighted by molar-refractivity contribution is 0.0682. The smallest absolute Gasteiger partial charge is 0.253 e. The normalized spacial score (nSPS) is 11.2. The fraction of sp³-hybridized carbons (Fsp3) is 0.400. The van der Waals surface area contributed by atoms with Gasteiger partial charge in [0.2, 0.25) is 0 Å². The van der Waals surface area contributed by atoms with E-state index < -0.39 is 0 Å². The Morgan fingerprint density at radius 1 is 1.45 bits per heavy atom. The lowest BCUT2D eigenvalue weighted by Crippen LogP contribution is -2.37. The van der Waals surface area contributed by atoms with Crippen LogP contribution < -0.4 is 4.74 Å². The van der Waals surface area contributed by atoms with Crippen LogP contribution in [0.3, 0.4) is 0 Å². The van der Waals surface area contributed by atoms with Crippen LogP contribution >= 0.6 is 0 Å². The van der Waals surface area contributed by atoms with Crippen LogP contribution in [-0.2, 0) is 0 Å². The summed E-state index contributed by atoms with van der Waals surface area (Å²) in [6.07, 6.45) is 0. The van der Waals surface area contributed by atoms with Gasteiger partial charge >= 0.3 is 0 Å². The molecule has 0 fully saturated rings. The molecule has 0 aromatic heterocycles. The van der Waals surface area contributed by atoms with E-state index in [1.54, 1.807) is 32.2 Å². The van der Waals surface area contributed by atoms with E-state index in [-0.39, 0.29) is 25.2 Å². The predicted octanol–water partition coefficient (Wildman–Crippen LogP) is 0.492. The van der Waals surface area contributed by atoms with E-state index in [1.165, 1.54) is 12.0 Å². The number of ether oxygens (including phenoxy) is 1. The van der Waals surface area contributed by atoms with E-state index >= 15 is 0 Å². The van der Waals surface area contributed by atoms with Gasteiger partial charge < -0.3 is 19.8 Å². The number of aliphatic hydroxyl groups is 2. The number of methoxy groups -OCH3 is 1. The Hall–Kier alpha value is -2.03. The van der Waals surface area contributed by atoms with Gasteiger partial charge in [-0.15, -0.1) is 0 Å². The Labute approximate surface area is 118 Å². The highest BCUT2D eigenvalue weighted by Gasteiger charge is 2.17. The minimum absolute atomic E-state index is 0.102. The second kappa shape index (κ2) is 7.53. The molecule has 1 amide bonds. The summed E-state index contributed by atoms with van der Waals surface area (Å²) in [5, 5.41) is 17.8. The maximum atomic E-state index is 12.2. The topological polar surface area (TPSA) is 70.0 Å². The zero-order valence-corrected chi connectivity index (χ0v) is 11.9. The highest BCUT2D eigenvalue weighted by molar-refractivity contribution is 5.95. The van der Waals surface area contributed by atoms with Gasteiger partial charge in [0.05, 0.1) is 25.3 Å². The molecule has 0 bridgehead atoms. The number of amides is 1. The van der Waals surface area contributed by atoms with E-state index in [0.29, 0.717) is 16.9 Å². The van der Waals surface area contributed by atoms with E-state index in [0.717, 1.165) is 0 Å². The number of benzene rings is 1. The number of carbonyl (C=O) groups is 1. The van der Waals surface area contributed by atoms with Gasteiger partial charge in [0, 0.05) is 12.6 Å². The van der Waals surface area contributed by atoms with Crippen LogP contribution in [0.25, 0.3) is 0 Å². The molecule has 1 aromatic carbocycles. The van der Waals surface area contributed by atoms with Crippen molar-refractivity contribution in [1.82, 2.24) is 4.90 Å². The predicted molar refractivity (Wildman–Crippen MR) is 75.6 cm³/mol. The second-order valence-electron chi connectivity index (χ2n) is 4.32. The van der Waals surface area contributed by atoms with Crippen molar-refractivity contribution in [3.8, 4) is 17.6 Å². The molecule has 1 atom stereocenters. The third-order valence-corrected chi connectivity index (χ3v) is 2.99. The monoisotopic (exact) mass is 277 g/mol. The third-order valence-electron chi connectivity index (χ3n) is 2.99. The van der Waals surface area contributed by atoms with Crippen LogP contribution in [0.4, 0.5) is 0 Å². The van der Waals surface area contributed by atoms with Crippen LogP contribution in [-0.4, -0.2) is 54.4 Å². The largest absolute Gasteiger partial charge is 0.495 e. The van der Waals surface area contributed by atoms with Crippen molar-refractivity contribution in [2.24, 2.45) is 0 Å². The standard InChI is InChI=1S/C15H19NO4/c1-11(10-18)16(2)15(19)13-6-7-14(20-3)12(9-13)5-4-8-17/h6-7,9,11,17-18H,8,10H2,1-3H3. The van der Waals surface area contributed by atoms with Crippen molar-refractivity contribution in [3.05, 3.63) is 29.3 Å². The molecule has 0 aliphatic heterocycles. The molecular weight excluding hydrogens is 258 g/mol. The summed E-state index contributed by atoms with van der Waals surface area (Å²) in [5.74, 6) is 5.61. The zero-order valence-electron chi connectivity index (χ0n) is 11.9. The SMILES string of the molecule is COc1ccc(C(=O)N(C)C(C)CO)cc1C#CCO. The van der Waals surface area contributed by atoms with Crippen molar-refractivity contribution in [2.75, 3.05) is 27.4 Å². The molecule has 0 aliphatic rings. The van der Waals surface area contributed by atoms with E-state index in [4.69, 9.17) is 14.9 Å². The average molecular weight is 277 g/mol. The van der Waals surface area contributed by atoms with Gasteiger partial charge in [0.25, 0.3) is 5.91 Å². The summed E-state index contributed by atoms with van der Waals surface area (Å²) in [5.41, 5.74) is 0.994. The first-order valence-electron chi connectivity index (χ1n) is 6.21. The first-order valence-corrected chi connectivity index (χ1v) is 6.21. The molecule has 5 nitrogen and oxygen atoms in total. The number of aliphatic hydroxyl groups excluding tert-OH is 2. The van der Waals surface area contributed by atoms with Gasteiger partial charge in [-0.05, 0) is 25.1 Å². The van der Waals surface area contributed by atoms with E-state index in [2.05, 4.69) is 11.8 Å². The minimum Gasteiger partial charge on any atom is -0.495 e. The summed E-state index contributed by atoms with van der Waals surface area (Å²) < 4.78 is 5.16. The fourth-order valence-corrected chi connectivity index (χ4v) is 1.60. The first kappa shape index (κ1) is 16.0. The molecule has 20 heavy (non-hydrogen) atoms. The van der Waals surface area contributed by atoms with E-state index in [9.17, 15) is 4.79 Å². The van der Waals surface area contributed by atoms with Crippen molar-refractivity contribution >= 4 is 5.91 Å². The Balaban J connectivity index is 3.11. The number of hydrogen-bond donors (Lipinski definition) is 2. The molecule has 5 heteroatoms. The molecule has 1 rings (SSSR count). The van der Waals surface area contributed by atoms with Gasteiger partial charge in [0.1, 0.15) is 12.4 Å². The van der Waals surface area contributed by atoms with E-state index in [1.807, 2.05) is 0 Å². The van der Waals surface area contributed by atoms with Crippen LogP contribution in [0.15, 0.2) is 18.2 Å². The quantitative estimate of drug-likeness (QED) is 0.786. The average Bonchev–Trinajstić information content (AvgIpc) is 2.50. The highest BCUT2D eigenvalue weighted by atomic mass is 16.5. The van der Waals surface area contributed by atoms with Crippen LogP contribution in [0.1, 0.15) is 22.8 Å². The van der Waals surface area contributed by atoms with Crippen molar-refractivity contribution in [1.29, 1.82) is 0 Å². The Morgan fingerprint density at radius 3 is 2.70 bits per heavy atom. The lowest BCUT2D eigenvalue weighted by Gasteiger charge is -2.23. The first-order chi connectivity index (χ1) is 9.54. The maximum Gasteiger partial charge on any atom is 0.253 e. The molecule has 2 N–H and O–H groups in total. The van der Waals surface area contributed by atoms with Crippen LogP contribution in [0.2, 0.25) is 0 Å². The van der Waals surface area contributed by atoms with Gasteiger partial charge in [0.15, 0.2) is 0 Å². The number of carbonyl (C=O) groups excluding carboxylic acids is 1. The summed E-state index contributed by atoms with van der Waals surface area (Å²) in [6.45, 7) is 1.40. The number of rotatable bonds is 4. The third kappa shape index (κ3) is 3.73. The minimum atomic E-state index is -0.267. The lowest BCUT2D eigenvalue weighted by atomic mass is 10.1. The molecular formula is C15H19NO4. The second-order valence-corrected chi connectivity index (χ2v) is 4.32. The summed E-state index contributed by atoms with van der Waals surface area (Å²) in [4.78, 5) is 13.7. The van der Waals surface area contributed by atoms with Gasteiger partial charge in [-0.1, -0.05) is 11.8 Å². The van der Waals surface area contributed by atoms with Gasteiger partial charge in [-0.3, -0.25) is 4.79 Å². The molecule has 0 aliphatic carbocycles. The Morgan fingerprint density at radius 2 is 2.15 bits per heavy atom. The molecule has 0 saturated carbocycles. The van der Waals surface area contributed by atoms with Crippen molar-refractivity contribution in [2.45, 2.75) is 13.0 Å². The molecule has 0 radical (unpaired) electrons. The molecule has 1 aromatic rings. The summed E-state index contributed by atoms with van der Waals surface area (Å²) in [7, 11) is 3.15. The molecule has 0 spiro atoms. The van der Waals surface area contributed by atoms with Crippen LogP contribution in [0, 0.1) is 11.8 Å². The molecule has 0 saturated heterocycles.